The van der Waals surface area contributed by atoms with E-state index < -0.39 is 36.9 Å². The average molecular weight is 195 g/mol. The number of rotatable bonds is 1. The van der Waals surface area contributed by atoms with Crippen molar-refractivity contribution in [3.8, 4) is 0 Å². The third-order valence-electron chi connectivity index (χ3n) is 2.06. The van der Waals surface area contributed by atoms with Crippen LogP contribution in [-0.2, 0) is 4.74 Å². The van der Waals surface area contributed by atoms with Crippen LogP contribution < -0.4 is 5.73 Å². The highest BCUT2D eigenvalue weighted by Crippen LogP contribution is 2.24. The largest absolute Gasteiger partial charge is 0.394 e. The molecule has 78 valence electrons. The van der Waals surface area contributed by atoms with Gasteiger partial charge in [-0.05, 0) is 0 Å². The predicted molar refractivity (Wildman–Crippen MR) is 39.1 cm³/mol. The smallest absolute Gasteiger partial charge is 0.185 e. The molecular weight excluding hydrogens is 182 g/mol. The molecule has 5 atom stereocenters. The van der Waals surface area contributed by atoms with Crippen LogP contribution in [0, 0.1) is 0 Å². The summed E-state index contributed by atoms with van der Waals surface area (Å²) in [6, 6.07) is 0. The van der Waals surface area contributed by atoms with Crippen molar-refractivity contribution in [2.75, 3.05) is 6.61 Å². The molecule has 1 aliphatic rings. The first-order chi connectivity index (χ1) is 5.91. The first-order valence-corrected chi connectivity index (χ1v) is 3.73. The Labute approximate surface area is 74.0 Å². The van der Waals surface area contributed by atoms with Crippen molar-refractivity contribution in [3.05, 3.63) is 0 Å². The molecule has 0 aliphatic carbocycles. The number of nitrogens with two attached hydrogens (primary N) is 1. The molecule has 0 bridgehead atoms. The van der Waals surface area contributed by atoms with Gasteiger partial charge in [0.25, 0.3) is 0 Å². The summed E-state index contributed by atoms with van der Waals surface area (Å²) in [7, 11) is 0. The van der Waals surface area contributed by atoms with Crippen molar-refractivity contribution in [3.63, 3.8) is 0 Å². The maximum Gasteiger partial charge on any atom is 0.185 e. The molecule has 1 rings (SSSR count). The van der Waals surface area contributed by atoms with Crippen LogP contribution in [0.15, 0.2) is 0 Å². The number of ether oxygens (including phenoxy) is 1. The molecule has 5 unspecified atom stereocenters. The van der Waals surface area contributed by atoms with E-state index >= 15 is 0 Å². The third-order valence-corrected chi connectivity index (χ3v) is 2.06. The summed E-state index contributed by atoms with van der Waals surface area (Å²) in [6.07, 6.45) is -6.41. The number of hydrogen-bond acceptors (Lipinski definition) is 7. The van der Waals surface area contributed by atoms with Gasteiger partial charge in [-0.1, -0.05) is 0 Å². The maximum absolute atomic E-state index is 9.31. The van der Waals surface area contributed by atoms with Crippen LogP contribution in [0.3, 0.4) is 0 Å². The lowest BCUT2D eigenvalue weighted by atomic mass is 9.93. The summed E-state index contributed by atoms with van der Waals surface area (Å²) < 4.78 is 4.56. The summed E-state index contributed by atoms with van der Waals surface area (Å²) in [6.45, 7) is -0.621. The molecule has 7 nitrogen and oxygen atoms in total. The number of hydrogen-bond donors (Lipinski definition) is 6. The van der Waals surface area contributed by atoms with E-state index in [0.717, 1.165) is 0 Å². The van der Waals surface area contributed by atoms with Crippen molar-refractivity contribution in [1.29, 1.82) is 0 Å². The van der Waals surface area contributed by atoms with Crippen LogP contribution in [-0.4, -0.2) is 62.5 Å². The Balaban J connectivity index is 2.82. The summed E-state index contributed by atoms with van der Waals surface area (Å²) in [4.78, 5) is 0. The zero-order valence-electron chi connectivity index (χ0n) is 6.74. The Morgan fingerprint density at radius 3 is 2.23 bits per heavy atom. The van der Waals surface area contributed by atoms with Gasteiger partial charge in [-0.3, -0.25) is 5.73 Å². The third kappa shape index (κ3) is 1.67. The lowest BCUT2D eigenvalue weighted by Gasteiger charge is -2.43. The van der Waals surface area contributed by atoms with E-state index in [4.69, 9.17) is 21.1 Å². The molecule has 0 aromatic rings. The molecule has 0 amide bonds. The molecule has 1 fully saturated rings. The van der Waals surface area contributed by atoms with Gasteiger partial charge in [-0.2, -0.15) is 0 Å². The molecule has 1 saturated heterocycles. The van der Waals surface area contributed by atoms with Crippen LogP contribution in [0.1, 0.15) is 0 Å². The van der Waals surface area contributed by atoms with Gasteiger partial charge >= 0.3 is 0 Å². The zero-order chi connectivity index (χ0) is 10.2. The van der Waals surface area contributed by atoms with Crippen molar-refractivity contribution >= 4 is 0 Å². The summed E-state index contributed by atoms with van der Waals surface area (Å²) in [5, 5.41) is 45.3. The van der Waals surface area contributed by atoms with E-state index in [1.807, 2.05) is 0 Å². The van der Waals surface area contributed by atoms with E-state index in [0.29, 0.717) is 0 Å². The van der Waals surface area contributed by atoms with Crippen LogP contribution in [0.2, 0.25) is 0 Å². The normalized spacial score (nSPS) is 52.2. The van der Waals surface area contributed by atoms with Gasteiger partial charge in [-0.15, -0.1) is 0 Å². The Morgan fingerprint density at radius 2 is 1.77 bits per heavy atom. The van der Waals surface area contributed by atoms with Crippen molar-refractivity contribution < 1.29 is 30.3 Å². The number of aliphatic hydroxyl groups is 5. The van der Waals surface area contributed by atoms with Gasteiger partial charge in [0, 0.05) is 0 Å². The highest BCUT2D eigenvalue weighted by Gasteiger charge is 2.52. The molecule has 0 radical (unpaired) electrons. The Kier molecular flexibility index (Phi) is 2.88. The highest BCUT2D eigenvalue weighted by molar-refractivity contribution is 4.97. The molecule has 1 heterocycles. The quantitative estimate of drug-likeness (QED) is 0.235. The Morgan fingerprint density at radius 1 is 1.23 bits per heavy atom. The van der Waals surface area contributed by atoms with E-state index in [-0.39, 0.29) is 0 Å². The highest BCUT2D eigenvalue weighted by atomic mass is 16.6. The molecule has 7 heteroatoms. The van der Waals surface area contributed by atoms with Crippen LogP contribution >= 0.6 is 0 Å². The first-order valence-electron chi connectivity index (χ1n) is 3.73. The minimum absolute atomic E-state index is 0.621. The van der Waals surface area contributed by atoms with Crippen LogP contribution in [0.25, 0.3) is 0 Å². The molecule has 0 aromatic carbocycles. The van der Waals surface area contributed by atoms with Gasteiger partial charge in [0.2, 0.25) is 0 Å². The standard InChI is InChI=1S/C6H13NO6/c7-6(12)3(9)2(1-8)13-5(11)4(6)10/h2-5,8-12H,1,7H2. The first kappa shape index (κ1) is 10.8. The maximum atomic E-state index is 9.31. The van der Waals surface area contributed by atoms with Gasteiger partial charge in [0.1, 0.15) is 18.3 Å². The van der Waals surface area contributed by atoms with Gasteiger partial charge in [0.05, 0.1) is 6.61 Å². The van der Waals surface area contributed by atoms with E-state index in [1.54, 1.807) is 0 Å². The minimum Gasteiger partial charge on any atom is -0.394 e. The second-order valence-electron chi connectivity index (χ2n) is 3.02. The predicted octanol–water partition coefficient (Wildman–Crippen LogP) is -3.94. The fraction of sp³-hybridized carbons (Fsp3) is 1.00. The summed E-state index contributed by atoms with van der Waals surface area (Å²) >= 11 is 0. The van der Waals surface area contributed by atoms with E-state index in [9.17, 15) is 10.2 Å². The molecule has 0 spiro atoms. The lowest BCUT2D eigenvalue weighted by Crippen LogP contribution is -2.71. The van der Waals surface area contributed by atoms with Crippen LogP contribution in [0.4, 0.5) is 0 Å². The van der Waals surface area contributed by atoms with Crippen molar-refractivity contribution in [1.82, 2.24) is 0 Å². The molecular formula is C6H13NO6. The number of aliphatic hydroxyl groups excluding tert-OH is 4. The molecule has 13 heavy (non-hydrogen) atoms. The van der Waals surface area contributed by atoms with Gasteiger partial charge in [0.15, 0.2) is 12.0 Å². The van der Waals surface area contributed by atoms with Crippen molar-refractivity contribution in [2.24, 2.45) is 5.73 Å². The topological polar surface area (TPSA) is 136 Å². The summed E-state index contributed by atoms with van der Waals surface area (Å²) in [5.74, 6) is 0. The SMILES string of the molecule is NC1(O)C(O)C(O)OC(CO)C1O. The van der Waals surface area contributed by atoms with Gasteiger partial charge < -0.3 is 30.3 Å². The Bertz CT molecular complexity index is 186. The average Bonchev–Trinajstić information content (AvgIpc) is 2.09. The fourth-order valence-electron chi connectivity index (χ4n) is 1.17. The van der Waals surface area contributed by atoms with E-state index in [2.05, 4.69) is 4.74 Å². The molecule has 1 aliphatic heterocycles. The fourth-order valence-corrected chi connectivity index (χ4v) is 1.17. The van der Waals surface area contributed by atoms with E-state index in [1.165, 1.54) is 0 Å². The summed E-state index contributed by atoms with van der Waals surface area (Å²) in [5.41, 5.74) is 2.74. The second-order valence-corrected chi connectivity index (χ2v) is 3.02. The van der Waals surface area contributed by atoms with Crippen molar-refractivity contribution in [2.45, 2.75) is 30.3 Å². The second kappa shape index (κ2) is 3.46. The zero-order valence-corrected chi connectivity index (χ0v) is 6.74. The minimum atomic E-state index is -2.38. The monoisotopic (exact) mass is 195 g/mol. The van der Waals surface area contributed by atoms with Gasteiger partial charge in [-0.25, -0.2) is 0 Å². The molecule has 0 saturated carbocycles. The molecule has 0 aromatic heterocycles. The lowest BCUT2D eigenvalue weighted by molar-refractivity contribution is -0.320. The molecule has 7 N–H and O–H groups in total. The Hall–Kier alpha value is -0.280. The van der Waals surface area contributed by atoms with Crippen LogP contribution in [0.5, 0.6) is 0 Å².